The average Bonchev–Trinajstić information content (AvgIpc) is 2.46. The first-order valence-corrected chi connectivity index (χ1v) is 7.33. The predicted octanol–water partition coefficient (Wildman–Crippen LogP) is 1.53. The fraction of sp³-hybridized carbons (Fsp3) is 0.786. The third kappa shape index (κ3) is 4.61. The first-order valence-electron chi connectivity index (χ1n) is 7.33. The summed E-state index contributed by atoms with van der Waals surface area (Å²) in [6.45, 7) is 5.44. The Morgan fingerprint density at radius 2 is 1.67 bits per heavy atom. The summed E-state index contributed by atoms with van der Waals surface area (Å²) in [4.78, 5) is 35.2. The molecule has 0 aliphatic carbocycles. The molecule has 0 unspecified atom stereocenters. The molecule has 1 aliphatic heterocycles. The van der Waals surface area contributed by atoms with Gasteiger partial charge in [0.25, 0.3) is 0 Å². The first-order chi connectivity index (χ1) is 9.83. The number of carbonyl (C=O) groups excluding carboxylic acids is 1. The Morgan fingerprint density at radius 3 is 2.05 bits per heavy atom. The van der Waals surface area contributed by atoms with E-state index in [-0.39, 0.29) is 5.41 Å². The van der Waals surface area contributed by atoms with E-state index in [1.165, 1.54) is 0 Å². The molecule has 1 rings (SSSR count). The number of urea groups is 1. The van der Waals surface area contributed by atoms with Crippen molar-refractivity contribution in [3.8, 4) is 0 Å². The Balaban J connectivity index is 2.57. The second-order valence-corrected chi connectivity index (χ2v) is 5.63. The summed E-state index contributed by atoms with van der Waals surface area (Å²) in [6.07, 6.45) is 3.29. The van der Waals surface area contributed by atoms with Gasteiger partial charge < -0.3 is 20.4 Å². The van der Waals surface area contributed by atoms with Gasteiger partial charge in [0, 0.05) is 13.1 Å². The smallest absolute Gasteiger partial charge is 0.326 e. The fourth-order valence-corrected chi connectivity index (χ4v) is 2.76. The van der Waals surface area contributed by atoms with Crippen molar-refractivity contribution in [3.63, 3.8) is 0 Å². The van der Waals surface area contributed by atoms with Crippen molar-refractivity contribution in [3.05, 3.63) is 0 Å². The molecule has 0 spiro atoms. The van der Waals surface area contributed by atoms with Gasteiger partial charge in [-0.05, 0) is 18.3 Å². The standard InChI is InChI=1S/C14H24N2O5/c1-3-14(4-2)5-7-16(8-6-14)13(21)15-10(12(19)20)9-11(17)18/h10H,3-9H2,1-2H3,(H,15,21)(H,17,18)(H,19,20)/t10-/m0/s1. The lowest BCUT2D eigenvalue weighted by molar-refractivity contribution is -0.145. The van der Waals surface area contributed by atoms with Crippen molar-refractivity contribution in [2.45, 2.75) is 52.0 Å². The summed E-state index contributed by atoms with van der Waals surface area (Å²) in [5.41, 5.74) is 0.268. The average molecular weight is 300 g/mol. The maximum Gasteiger partial charge on any atom is 0.326 e. The Morgan fingerprint density at radius 1 is 1.14 bits per heavy atom. The number of hydrogen-bond donors (Lipinski definition) is 3. The van der Waals surface area contributed by atoms with Crippen molar-refractivity contribution >= 4 is 18.0 Å². The van der Waals surface area contributed by atoms with E-state index in [2.05, 4.69) is 19.2 Å². The van der Waals surface area contributed by atoms with Gasteiger partial charge in [-0.15, -0.1) is 0 Å². The Kier molecular flexibility index (Phi) is 5.99. The molecule has 1 atom stereocenters. The van der Waals surface area contributed by atoms with Crippen LogP contribution in [0.2, 0.25) is 0 Å². The first kappa shape index (κ1) is 17.3. The summed E-state index contributed by atoms with van der Waals surface area (Å²) in [6, 6.07) is -1.89. The number of likely N-dealkylation sites (tertiary alicyclic amines) is 1. The predicted molar refractivity (Wildman–Crippen MR) is 76.0 cm³/mol. The maximum absolute atomic E-state index is 12.0. The molecule has 2 amide bonds. The molecule has 0 saturated carbocycles. The Hall–Kier alpha value is -1.79. The molecule has 7 nitrogen and oxygen atoms in total. The van der Waals surface area contributed by atoms with Crippen molar-refractivity contribution in [1.82, 2.24) is 10.2 Å². The molecular formula is C14H24N2O5. The topological polar surface area (TPSA) is 107 Å². The Labute approximate surface area is 124 Å². The van der Waals surface area contributed by atoms with Gasteiger partial charge in [0.2, 0.25) is 0 Å². The quantitative estimate of drug-likeness (QED) is 0.689. The number of carboxylic acid groups (broad SMARTS) is 2. The van der Waals surface area contributed by atoms with Crippen LogP contribution in [0.4, 0.5) is 4.79 Å². The fourth-order valence-electron chi connectivity index (χ4n) is 2.76. The summed E-state index contributed by atoms with van der Waals surface area (Å²) < 4.78 is 0. The molecule has 0 aromatic rings. The number of nitrogens with zero attached hydrogens (tertiary/aromatic N) is 1. The molecular weight excluding hydrogens is 276 g/mol. The van der Waals surface area contributed by atoms with Crippen LogP contribution in [0.15, 0.2) is 0 Å². The van der Waals surface area contributed by atoms with Gasteiger partial charge in [-0.3, -0.25) is 4.79 Å². The number of aliphatic carboxylic acids is 2. The second kappa shape index (κ2) is 7.28. The van der Waals surface area contributed by atoms with Crippen LogP contribution in [0.5, 0.6) is 0 Å². The SMILES string of the molecule is CCC1(CC)CCN(C(=O)N[C@@H](CC(=O)O)C(=O)O)CC1. The summed E-state index contributed by atoms with van der Waals surface area (Å²) in [7, 11) is 0. The van der Waals surface area contributed by atoms with Crippen LogP contribution in [0.25, 0.3) is 0 Å². The zero-order valence-corrected chi connectivity index (χ0v) is 12.6. The Bertz CT molecular complexity index is 396. The highest BCUT2D eigenvalue weighted by molar-refractivity contribution is 5.86. The third-order valence-corrected chi connectivity index (χ3v) is 4.59. The van der Waals surface area contributed by atoms with E-state index < -0.39 is 30.4 Å². The van der Waals surface area contributed by atoms with Crippen LogP contribution in [0, 0.1) is 5.41 Å². The molecule has 3 N–H and O–H groups in total. The van der Waals surface area contributed by atoms with Crippen molar-refractivity contribution in [1.29, 1.82) is 0 Å². The van der Waals surface area contributed by atoms with E-state index in [0.717, 1.165) is 25.7 Å². The van der Waals surface area contributed by atoms with Gasteiger partial charge in [-0.1, -0.05) is 26.7 Å². The number of carboxylic acids is 2. The number of nitrogens with one attached hydrogen (secondary N) is 1. The highest BCUT2D eigenvalue weighted by Gasteiger charge is 2.34. The van der Waals surface area contributed by atoms with E-state index in [4.69, 9.17) is 10.2 Å². The molecule has 120 valence electrons. The van der Waals surface area contributed by atoms with E-state index in [1.807, 2.05) is 0 Å². The van der Waals surface area contributed by atoms with Crippen LogP contribution >= 0.6 is 0 Å². The molecule has 0 aromatic heterocycles. The number of carbonyl (C=O) groups is 3. The van der Waals surface area contributed by atoms with Crippen LogP contribution in [0.1, 0.15) is 46.0 Å². The third-order valence-electron chi connectivity index (χ3n) is 4.59. The lowest BCUT2D eigenvalue weighted by atomic mass is 9.74. The van der Waals surface area contributed by atoms with E-state index in [1.54, 1.807) is 4.90 Å². The van der Waals surface area contributed by atoms with Gasteiger partial charge in [0.05, 0.1) is 6.42 Å². The van der Waals surface area contributed by atoms with Crippen LogP contribution in [0.3, 0.4) is 0 Å². The molecule has 21 heavy (non-hydrogen) atoms. The molecule has 1 aliphatic rings. The van der Waals surface area contributed by atoms with Crippen LogP contribution in [-0.4, -0.2) is 52.2 Å². The maximum atomic E-state index is 12.0. The van der Waals surface area contributed by atoms with Crippen molar-refractivity contribution in [2.75, 3.05) is 13.1 Å². The molecule has 1 heterocycles. The lowest BCUT2D eigenvalue weighted by Crippen LogP contribution is -2.52. The van der Waals surface area contributed by atoms with E-state index in [0.29, 0.717) is 13.1 Å². The summed E-state index contributed by atoms with van der Waals surface area (Å²) >= 11 is 0. The largest absolute Gasteiger partial charge is 0.481 e. The molecule has 1 saturated heterocycles. The van der Waals surface area contributed by atoms with Crippen molar-refractivity contribution in [2.24, 2.45) is 5.41 Å². The normalized spacial score (nSPS) is 18.9. The van der Waals surface area contributed by atoms with Crippen LogP contribution in [-0.2, 0) is 9.59 Å². The summed E-state index contributed by atoms with van der Waals surface area (Å²) in [5, 5.41) is 19.9. The molecule has 7 heteroatoms. The second-order valence-electron chi connectivity index (χ2n) is 5.63. The zero-order chi connectivity index (χ0) is 16.0. The van der Waals surface area contributed by atoms with Gasteiger partial charge in [-0.25, -0.2) is 9.59 Å². The van der Waals surface area contributed by atoms with E-state index >= 15 is 0 Å². The van der Waals surface area contributed by atoms with E-state index in [9.17, 15) is 14.4 Å². The number of hydrogen-bond acceptors (Lipinski definition) is 3. The highest BCUT2D eigenvalue weighted by atomic mass is 16.4. The molecule has 0 aromatic carbocycles. The number of rotatable bonds is 6. The van der Waals surface area contributed by atoms with Gasteiger partial charge in [-0.2, -0.15) is 0 Å². The van der Waals surface area contributed by atoms with Gasteiger partial charge >= 0.3 is 18.0 Å². The monoisotopic (exact) mass is 300 g/mol. The molecule has 0 radical (unpaired) electrons. The highest BCUT2D eigenvalue weighted by Crippen LogP contribution is 2.37. The van der Waals surface area contributed by atoms with Crippen molar-refractivity contribution < 1.29 is 24.6 Å². The minimum absolute atomic E-state index is 0.268. The molecule has 0 bridgehead atoms. The summed E-state index contributed by atoms with van der Waals surface area (Å²) in [5.74, 6) is -2.59. The zero-order valence-electron chi connectivity index (χ0n) is 12.6. The van der Waals surface area contributed by atoms with Gasteiger partial charge in [0.15, 0.2) is 0 Å². The van der Waals surface area contributed by atoms with Gasteiger partial charge in [0.1, 0.15) is 6.04 Å². The number of amides is 2. The minimum Gasteiger partial charge on any atom is -0.481 e. The molecule has 1 fully saturated rings. The van der Waals surface area contributed by atoms with Crippen LogP contribution < -0.4 is 5.32 Å². The lowest BCUT2D eigenvalue weighted by Gasteiger charge is -2.41. The number of piperidine rings is 1. The minimum atomic E-state index is -1.39.